The molecule has 1 aromatic rings. The molecule has 2 rings (SSSR count). The van der Waals surface area contributed by atoms with Gasteiger partial charge in [-0.05, 0) is 37.8 Å². The van der Waals surface area contributed by atoms with Crippen molar-refractivity contribution in [1.29, 1.82) is 0 Å². The van der Waals surface area contributed by atoms with Gasteiger partial charge in [-0.1, -0.05) is 30.3 Å². The highest BCUT2D eigenvalue weighted by Crippen LogP contribution is 2.19. The molecule has 0 heterocycles. The summed E-state index contributed by atoms with van der Waals surface area (Å²) in [6.45, 7) is 11.3. The van der Waals surface area contributed by atoms with Crippen LogP contribution in [0, 0.1) is 0 Å². The van der Waals surface area contributed by atoms with Crippen molar-refractivity contribution in [3.8, 4) is 0 Å². The fraction of sp³-hybridized carbons (Fsp3) is 0.529. The van der Waals surface area contributed by atoms with Gasteiger partial charge in [0.2, 0.25) is 0 Å². The number of benzene rings is 1. The zero-order valence-corrected chi connectivity index (χ0v) is 12.2. The average Bonchev–Trinajstić information content (AvgIpc) is 3.20. The second kappa shape index (κ2) is 6.88. The molecule has 1 aliphatic rings. The molecule has 0 radical (unpaired) electrons. The smallest absolute Gasteiger partial charge is 0.0239 e. The first-order valence-corrected chi connectivity index (χ1v) is 7.35. The summed E-state index contributed by atoms with van der Waals surface area (Å²) in [5, 5.41) is 3.57. The Morgan fingerprint density at radius 3 is 2.74 bits per heavy atom. The van der Waals surface area contributed by atoms with Crippen LogP contribution in [0.3, 0.4) is 0 Å². The topological polar surface area (TPSA) is 15.3 Å². The van der Waals surface area contributed by atoms with Crippen LogP contribution in [-0.2, 0) is 13.1 Å². The molecule has 0 amide bonds. The summed E-state index contributed by atoms with van der Waals surface area (Å²) in [5.74, 6) is 0. The molecular formula is C17H26N2. The van der Waals surface area contributed by atoms with E-state index in [-0.39, 0.29) is 0 Å². The maximum atomic E-state index is 3.85. The summed E-state index contributed by atoms with van der Waals surface area (Å²) in [6, 6.07) is 10.3. The van der Waals surface area contributed by atoms with Gasteiger partial charge in [-0.2, -0.15) is 0 Å². The van der Waals surface area contributed by atoms with E-state index < -0.39 is 0 Å². The monoisotopic (exact) mass is 258 g/mol. The number of hydrogen-bond donors (Lipinski definition) is 1. The van der Waals surface area contributed by atoms with E-state index in [4.69, 9.17) is 0 Å². The normalized spacial score (nSPS) is 15.2. The molecule has 1 aromatic carbocycles. The molecule has 0 spiro atoms. The molecule has 0 bridgehead atoms. The summed E-state index contributed by atoms with van der Waals surface area (Å²) < 4.78 is 0. The van der Waals surface area contributed by atoms with Crippen LogP contribution in [0.4, 0.5) is 0 Å². The first-order chi connectivity index (χ1) is 9.19. The first-order valence-electron chi connectivity index (χ1n) is 7.35. The Morgan fingerprint density at radius 1 is 1.37 bits per heavy atom. The van der Waals surface area contributed by atoms with Crippen LogP contribution in [0.25, 0.3) is 0 Å². The highest BCUT2D eigenvalue weighted by Gasteiger charge is 2.19. The van der Waals surface area contributed by atoms with Crippen LogP contribution in [0.15, 0.2) is 36.9 Å². The zero-order valence-electron chi connectivity index (χ0n) is 12.2. The molecule has 2 heteroatoms. The van der Waals surface area contributed by atoms with E-state index in [0.29, 0.717) is 6.04 Å². The Bertz CT molecular complexity index is 407. The standard InChI is InChI=1S/C17H26N2/c1-4-10-19(14(2)3)13-16-7-5-6-15(11-16)12-18-17-8-9-17/h4-7,11,14,17-18H,1,8-10,12-13H2,2-3H3. The Hall–Kier alpha value is -1.12. The molecule has 1 N–H and O–H groups in total. The van der Waals surface area contributed by atoms with Crippen LogP contribution < -0.4 is 5.32 Å². The molecule has 0 unspecified atom stereocenters. The summed E-state index contributed by atoms with van der Waals surface area (Å²) in [4.78, 5) is 2.43. The molecule has 0 saturated heterocycles. The van der Waals surface area contributed by atoms with Crippen LogP contribution in [0.5, 0.6) is 0 Å². The van der Waals surface area contributed by atoms with Crippen molar-refractivity contribution >= 4 is 0 Å². The number of hydrogen-bond acceptors (Lipinski definition) is 2. The van der Waals surface area contributed by atoms with Crippen molar-refractivity contribution in [1.82, 2.24) is 10.2 Å². The minimum atomic E-state index is 0.547. The van der Waals surface area contributed by atoms with E-state index in [1.165, 1.54) is 24.0 Å². The first kappa shape index (κ1) is 14.3. The maximum Gasteiger partial charge on any atom is 0.0239 e. The fourth-order valence-electron chi connectivity index (χ4n) is 2.25. The second-order valence-corrected chi connectivity index (χ2v) is 5.79. The predicted octanol–water partition coefficient (Wildman–Crippen LogP) is 3.34. The summed E-state index contributed by atoms with van der Waals surface area (Å²) in [5.41, 5.74) is 2.79. The van der Waals surface area contributed by atoms with Crippen molar-refractivity contribution in [3.05, 3.63) is 48.0 Å². The van der Waals surface area contributed by atoms with E-state index in [0.717, 1.165) is 25.7 Å². The summed E-state index contributed by atoms with van der Waals surface area (Å²) in [7, 11) is 0. The minimum Gasteiger partial charge on any atom is -0.310 e. The van der Waals surface area contributed by atoms with Gasteiger partial charge in [0.1, 0.15) is 0 Å². The molecule has 0 aliphatic heterocycles. The number of rotatable bonds is 8. The Labute approximate surface area is 117 Å². The highest BCUT2D eigenvalue weighted by molar-refractivity contribution is 5.23. The quantitative estimate of drug-likeness (QED) is 0.720. The van der Waals surface area contributed by atoms with Crippen LogP contribution in [0.1, 0.15) is 37.8 Å². The van der Waals surface area contributed by atoms with Gasteiger partial charge in [0, 0.05) is 31.7 Å². The van der Waals surface area contributed by atoms with Crippen molar-refractivity contribution < 1.29 is 0 Å². The molecule has 104 valence electrons. The largest absolute Gasteiger partial charge is 0.310 e. The third-order valence-corrected chi connectivity index (χ3v) is 3.64. The molecule has 0 aromatic heterocycles. The lowest BCUT2D eigenvalue weighted by Gasteiger charge is -2.25. The second-order valence-electron chi connectivity index (χ2n) is 5.79. The molecular weight excluding hydrogens is 232 g/mol. The predicted molar refractivity (Wildman–Crippen MR) is 82.0 cm³/mol. The van der Waals surface area contributed by atoms with Crippen molar-refractivity contribution in [3.63, 3.8) is 0 Å². The third-order valence-electron chi connectivity index (χ3n) is 3.64. The lowest BCUT2D eigenvalue weighted by atomic mass is 10.1. The molecule has 0 atom stereocenters. The van der Waals surface area contributed by atoms with Crippen LogP contribution in [-0.4, -0.2) is 23.5 Å². The van der Waals surface area contributed by atoms with Crippen molar-refractivity contribution in [2.24, 2.45) is 0 Å². The van der Waals surface area contributed by atoms with Gasteiger partial charge in [-0.15, -0.1) is 6.58 Å². The molecule has 19 heavy (non-hydrogen) atoms. The van der Waals surface area contributed by atoms with Gasteiger partial charge in [0.15, 0.2) is 0 Å². The van der Waals surface area contributed by atoms with E-state index in [1.807, 2.05) is 6.08 Å². The molecule has 2 nitrogen and oxygen atoms in total. The van der Waals surface area contributed by atoms with Gasteiger partial charge >= 0.3 is 0 Å². The highest BCUT2D eigenvalue weighted by atomic mass is 15.1. The number of nitrogens with one attached hydrogen (secondary N) is 1. The van der Waals surface area contributed by atoms with Crippen LogP contribution in [0.2, 0.25) is 0 Å². The van der Waals surface area contributed by atoms with Gasteiger partial charge < -0.3 is 5.32 Å². The van der Waals surface area contributed by atoms with Gasteiger partial charge in [0.05, 0.1) is 0 Å². The van der Waals surface area contributed by atoms with E-state index in [2.05, 4.69) is 54.9 Å². The summed E-state index contributed by atoms with van der Waals surface area (Å²) in [6.07, 6.45) is 4.68. The Morgan fingerprint density at radius 2 is 2.11 bits per heavy atom. The Balaban J connectivity index is 1.93. The van der Waals surface area contributed by atoms with Gasteiger partial charge in [0.25, 0.3) is 0 Å². The van der Waals surface area contributed by atoms with Gasteiger partial charge in [-0.25, -0.2) is 0 Å². The molecule has 1 fully saturated rings. The number of nitrogens with zero attached hydrogens (tertiary/aromatic N) is 1. The summed E-state index contributed by atoms with van der Waals surface area (Å²) >= 11 is 0. The lowest BCUT2D eigenvalue weighted by Crippen LogP contribution is -2.30. The van der Waals surface area contributed by atoms with E-state index >= 15 is 0 Å². The molecule has 1 aliphatic carbocycles. The van der Waals surface area contributed by atoms with Crippen LogP contribution >= 0.6 is 0 Å². The van der Waals surface area contributed by atoms with Gasteiger partial charge in [-0.3, -0.25) is 4.90 Å². The maximum absolute atomic E-state index is 3.85. The lowest BCUT2D eigenvalue weighted by molar-refractivity contribution is 0.237. The van der Waals surface area contributed by atoms with E-state index in [1.54, 1.807) is 0 Å². The Kier molecular flexibility index (Phi) is 5.17. The van der Waals surface area contributed by atoms with E-state index in [9.17, 15) is 0 Å². The average molecular weight is 258 g/mol. The fourth-order valence-corrected chi connectivity index (χ4v) is 2.25. The van der Waals surface area contributed by atoms with Crippen molar-refractivity contribution in [2.45, 2.75) is 51.9 Å². The SMILES string of the molecule is C=CCN(Cc1cccc(CNC2CC2)c1)C(C)C. The molecule has 1 saturated carbocycles. The minimum absolute atomic E-state index is 0.547. The zero-order chi connectivity index (χ0) is 13.7. The third kappa shape index (κ3) is 4.81. The van der Waals surface area contributed by atoms with Crippen molar-refractivity contribution in [2.75, 3.05) is 6.54 Å².